The Kier molecular flexibility index (Phi) is 7.12. The molecule has 1 spiro atoms. The number of hydrogen-bond donors (Lipinski definition) is 1. The van der Waals surface area contributed by atoms with Gasteiger partial charge in [0.15, 0.2) is 0 Å². The summed E-state index contributed by atoms with van der Waals surface area (Å²) in [7, 11) is 0. The van der Waals surface area contributed by atoms with Crippen LogP contribution < -0.4 is 4.90 Å². The van der Waals surface area contributed by atoms with E-state index in [4.69, 9.17) is 4.74 Å². The van der Waals surface area contributed by atoms with E-state index in [1.807, 2.05) is 51.1 Å². The zero-order valence-corrected chi connectivity index (χ0v) is 21.4. The van der Waals surface area contributed by atoms with E-state index in [0.717, 1.165) is 5.69 Å². The predicted molar refractivity (Wildman–Crippen MR) is 137 cm³/mol. The third-order valence-electron chi connectivity index (χ3n) is 7.69. The second-order valence-electron chi connectivity index (χ2n) is 10.8. The number of aliphatic hydroxyl groups is 1. The van der Waals surface area contributed by atoms with Crippen LogP contribution in [0.1, 0.15) is 33.6 Å². The number of likely N-dealkylation sites (tertiary alicyclic amines) is 1. The van der Waals surface area contributed by atoms with Crippen molar-refractivity contribution in [1.82, 2.24) is 9.80 Å². The number of carbonyl (C=O) groups is 3. The summed E-state index contributed by atoms with van der Waals surface area (Å²) < 4.78 is 6.51. The minimum absolute atomic E-state index is 0.00353. The van der Waals surface area contributed by atoms with Crippen molar-refractivity contribution in [3.8, 4) is 0 Å². The molecule has 4 rings (SSSR count). The van der Waals surface area contributed by atoms with E-state index in [2.05, 4.69) is 13.2 Å². The molecule has 0 aliphatic carbocycles. The molecule has 36 heavy (non-hydrogen) atoms. The van der Waals surface area contributed by atoms with E-state index in [1.165, 1.54) is 4.90 Å². The van der Waals surface area contributed by atoms with E-state index in [0.29, 0.717) is 25.9 Å². The first kappa shape index (κ1) is 26.1. The quantitative estimate of drug-likeness (QED) is 0.532. The molecule has 0 aromatic heterocycles. The van der Waals surface area contributed by atoms with Crippen LogP contribution in [-0.4, -0.2) is 82.2 Å². The van der Waals surface area contributed by atoms with Crippen molar-refractivity contribution in [3.05, 3.63) is 55.6 Å². The van der Waals surface area contributed by atoms with Gasteiger partial charge in [0.25, 0.3) is 0 Å². The summed E-state index contributed by atoms with van der Waals surface area (Å²) in [4.78, 5) is 46.8. The molecule has 1 aromatic carbocycles. The Hall–Kier alpha value is -2.97. The van der Waals surface area contributed by atoms with Crippen LogP contribution in [0.5, 0.6) is 0 Å². The highest BCUT2D eigenvalue weighted by atomic mass is 16.5. The summed E-state index contributed by atoms with van der Waals surface area (Å²) in [5, 5.41) is 9.80. The van der Waals surface area contributed by atoms with Crippen LogP contribution in [0.2, 0.25) is 0 Å². The van der Waals surface area contributed by atoms with Crippen molar-refractivity contribution in [2.24, 2.45) is 11.8 Å². The van der Waals surface area contributed by atoms with E-state index >= 15 is 0 Å². The van der Waals surface area contributed by atoms with Crippen LogP contribution in [-0.2, 0) is 19.1 Å². The number of anilines is 1. The highest BCUT2D eigenvalue weighted by molar-refractivity contribution is 6.03. The third kappa shape index (κ3) is 4.06. The highest BCUT2D eigenvalue weighted by Gasteiger charge is 2.75. The summed E-state index contributed by atoms with van der Waals surface area (Å²) in [6.07, 6.45) is 3.97. The van der Waals surface area contributed by atoms with Gasteiger partial charge in [0, 0.05) is 30.9 Å². The number of hydrogen-bond acceptors (Lipinski definition) is 5. The van der Waals surface area contributed by atoms with Crippen LogP contribution in [0.15, 0.2) is 55.6 Å². The Bertz CT molecular complexity index is 1040. The van der Waals surface area contributed by atoms with Crippen LogP contribution in [0.25, 0.3) is 0 Å². The maximum atomic E-state index is 14.1. The smallest absolute Gasteiger partial charge is 0.249 e. The molecule has 3 aliphatic rings. The molecule has 8 nitrogen and oxygen atoms in total. The van der Waals surface area contributed by atoms with Gasteiger partial charge in [-0.3, -0.25) is 14.4 Å². The molecule has 3 heterocycles. The van der Waals surface area contributed by atoms with Crippen molar-refractivity contribution in [2.45, 2.75) is 56.9 Å². The fourth-order valence-corrected chi connectivity index (χ4v) is 6.27. The molecule has 1 N–H and O–H groups in total. The molecule has 0 saturated carbocycles. The SMILES string of the molecule is C=CCN(C(=O)[C@@H]1[C@@H]2CCC3(O2)C(C(=O)N(CC=C)C(C)(C)C)N(CCO)C(=O)[C@H]13)c1ccccc1. The molecule has 3 saturated heterocycles. The van der Waals surface area contributed by atoms with Crippen LogP contribution in [0, 0.1) is 11.8 Å². The molecule has 2 unspecified atom stereocenters. The van der Waals surface area contributed by atoms with Gasteiger partial charge >= 0.3 is 0 Å². The Morgan fingerprint density at radius 2 is 1.83 bits per heavy atom. The number of ether oxygens (including phenoxy) is 1. The van der Waals surface area contributed by atoms with E-state index in [1.54, 1.807) is 22.0 Å². The first-order chi connectivity index (χ1) is 17.1. The minimum Gasteiger partial charge on any atom is -0.395 e. The Morgan fingerprint density at radius 1 is 1.17 bits per heavy atom. The average molecular weight is 496 g/mol. The summed E-state index contributed by atoms with van der Waals surface area (Å²) in [6, 6.07) is 8.38. The molecule has 5 atom stereocenters. The Morgan fingerprint density at radius 3 is 2.42 bits per heavy atom. The first-order valence-corrected chi connectivity index (χ1v) is 12.6. The first-order valence-electron chi connectivity index (χ1n) is 12.6. The molecule has 2 bridgehead atoms. The molecule has 194 valence electrons. The van der Waals surface area contributed by atoms with Gasteiger partial charge in [0.05, 0.1) is 24.5 Å². The second-order valence-corrected chi connectivity index (χ2v) is 10.8. The van der Waals surface area contributed by atoms with Gasteiger partial charge in [-0.25, -0.2) is 0 Å². The maximum absolute atomic E-state index is 14.1. The molecular weight excluding hydrogens is 458 g/mol. The van der Waals surface area contributed by atoms with Gasteiger partial charge in [-0.15, -0.1) is 13.2 Å². The third-order valence-corrected chi connectivity index (χ3v) is 7.69. The number of nitrogens with zero attached hydrogens (tertiary/aromatic N) is 3. The zero-order chi connectivity index (χ0) is 26.3. The van der Waals surface area contributed by atoms with E-state index in [9.17, 15) is 19.5 Å². The highest BCUT2D eigenvalue weighted by Crippen LogP contribution is 2.59. The minimum atomic E-state index is -1.10. The number of aliphatic hydroxyl groups excluding tert-OH is 1. The Labute approximate surface area is 213 Å². The number of carbonyl (C=O) groups excluding carboxylic acids is 3. The molecule has 3 amide bonds. The molecular formula is C28H37N3O5. The van der Waals surface area contributed by atoms with Crippen molar-refractivity contribution in [3.63, 3.8) is 0 Å². The Balaban J connectivity index is 1.75. The number of β-amino-alcohol motifs (C(OH)–C–C–N with tert-alkyl or cyclic N) is 1. The van der Waals surface area contributed by atoms with Gasteiger partial charge in [-0.05, 0) is 45.7 Å². The monoisotopic (exact) mass is 495 g/mol. The summed E-state index contributed by atoms with van der Waals surface area (Å²) in [6.45, 7) is 13.7. The van der Waals surface area contributed by atoms with Gasteiger partial charge in [-0.1, -0.05) is 30.4 Å². The van der Waals surface area contributed by atoms with Crippen LogP contribution >= 0.6 is 0 Å². The fraction of sp³-hybridized carbons (Fsp3) is 0.536. The number of amides is 3. The van der Waals surface area contributed by atoms with Crippen LogP contribution in [0.4, 0.5) is 5.69 Å². The zero-order valence-electron chi connectivity index (χ0n) is 21.4. The molecule has 3 aliphatic heterocycles. The second kappa shape index (κ2) is 9.82. The van der Waals surface area contributed by atoms with Gasteiger partial charge in [0.2, 0.25) is 17.7 Å². The predicted octanol–water partition coefficient (Wildman–Crippen LogP) is 2.39. The lowest BCUT2D eigenvalue weighted by molar-refractivity contribution is -0.151. The van der Waals surface area contributed by atoms with Crippen molar-refractivity contribution >= 4 is 23.4 Å². The number of para-hydroxylation sites is 1. The maximum Gasteiger partial charge on any atom is 0.249 e. The lowest BCUT2D eigenvalue weighted by Gasteiger charge is -2.42. The van der Waals surface area contributed by atoms with Gasteiger partial charge in [0.1, 0.15) is 11.6 Å². The molecule has 0 radical (unpaired) electrons. The van der Waals surface area contributed by atoms with Crippen molar-refractivity contribution < 1.29 is 24.2 Å². The molecule has 1 aromatic rings. The summed E-state index contributed by atoms with van der Waals surface area (Å²) in [5.41, 5.74) is -0.905. The standard InChI is InChI=1S/C28H37N3O5/c1-6-15-29(19-11-9-8-10-12-19)24(33)21-20-13-14-28(36-20)22(21)25(34)30(17-18-32)23(28)26(35)31(16-7-2)27(3,4)5/h6-12,20-23,32H,1-2,13-18H2,3-5H3/t20-,21+,22-,23?,28?/m0/s1. The molecule has 3 fully saturated rings. The van der Waals surface area contributed by atoms with Gasteiger partial charge < -0.3 is 24.5 Å². The van der Waals surface area contributed by atoms with Gasteiger partial charge in [-0.2, -0.15) is 0 Å². The van der Waals surface area contributed by atoms with E-state index < -0.39 is 35.1 Å². The van der Waals surface area contributed by atoms with Crippen molar-refractivity contribution in [1.29, 1.82) is 0 Å². The average Bonchev–Trinajstić information content (AvgIpc) is 3.48. The number of benzene rings is 1. The van der Waals surface area contributed by atoms with Crippen molar-refractivity contribution in [2.75, 3.05) is 31.1 Å². The molecule has 8 heteroatoms. The largest absolute Gasteiger partial charge is 0.395 e. The summed E-state index contributed by atoms with van der Waals surface area (Å²) in [5.74, 6) is -2.26. The summed E-state index contributed by atoms with van der Waals surface area (Å²) >= 11 is 0. The normalized spacial score (nSPS) is 28.7. The van der Waals surface area contributed by atoms with Crippen LogP contribution in [0.3, 0.4) is 0 Å². The number of fused-ring (bicyclic) bond motifs is 1. The van der Waals surface area contributed by atoms with E-state index in [-0.39, 0.29) is 30.9 Å². The number of rotatable bonds is 9. The lowest BCUT2D eigenvalue weighted by Crippen LogP contribution is -2.60. The lowest BCUT2D eigenvalue weighted by atomic mass is 9.70. The fourth-order valence-electron chi connectivity index (χ4n) is 6.27. The topological polar surface area (TPSA) is 90.4 Å².